The fourth-order valence-corrected chi connectivity index (χ4v) is 2.26. The molecule has 1 aromatic carbocycles. The Morgan fingerprint density at radius 1 is 1.20 bits per heavy atom. The lowest BCUT2D eigenvalue weighted by atomic mass is 10.2. The summed E-state index contributed by atoms with van der Waals surface area (Å²) in [5.41, 5.74) is 2.68. The highest BCUT2D eigenvalue weighted by atomic mass is 16.5. The van der Waals surface area contributed by atoms with E-state index in [1.807, 2.05) is 46.1 Å². The molecule has 0 saturated heterocycles. The number of nitrogens with zero attached hydrogens (tertiary/aromatic N) is 3. The number of amides is 1. The molecule has 7 heteroatoms. The maximum Gasteiger partial charge on any atom is 0.274 e. The van der Waals surface area contributed by atoms with E-state index in [4.69, 9.17) is 4.74 Å². The van der Waals surface area contributed by atoms with E-state index in [0.717, 1.165) is 17.8 Å². The molecule has 25 heavy (non-hydrogen) atoms. The molecule has 2 aromatic rings. The van der Waals surface area contributed by atoms with E-state index in [1.54, 1.807) is 13.2 Å². The Balaban J connectivity index is 2.16. The zero-order valence-electron chi connectivity index (χ0n) is 15.4. The first kappa shape index (κ1) is 18.7. The number of hydrogen-bond donors (Lipinski definition) is 2. The molecule has 0 unspecified atom stereocenters. The van der Waals surface area contributed by atoms with Crippen molar-refractivity contribution in [2.45, 2.75) is 13.8 Å². The molecule has 0 aliphatic carbocycles. The summed E-state index contributed by atoms with van der Waals surface area (Å²) in [5, 5.41) is 6.00. The van der Waals surface area contributed by atoms with E-state index in [9.17, 15) is 4.79 Å². The molecule has 0 saturated carbocycles. The summed E-state index contributed by atoms with van der Waals surface area (Å²) in [7, 11) is 5.56. The molecule has 1 amide bonds. The van der Waals surface area contributed by atoms with Crippen molar-refractivity contribution in [1.29, 1.82) is 0 Å². The van der Waals surface area contributed by atoms with Crippen molar-refractivity contribution < 1.29 is 9.53 Å². The van der Waals surface area contributed by atoms with Crippen molar-refractivity contribution in [2.24, 2.45) is 0 Å². The predicted molar refractivity (Wildman–Crippen MR) is 99.5 cm³/mol. The number of carbonyl (C=O) groups is 1. The molecule has 2 rings (SSSR count). The van der Waals surface area contributed by atoms with Gasteiger partial charge in [-0.15, -0.1) is 0 Å². The van der Waals surface area contributed by atoms with Crippen LogP contribution >= 0.6 is 0 Å². The topological polar surface area (TPSA) is 79.4 Å². The molecule has 1 aromatic heterocycles. The third kappa shape index (κ3) is 5.42. The fourth-order valence-electron chi connectivity index (χ4n) is 2.26. The monoisotopic (exact) mass is 343 g/mol. The predicted octanol–water partition coefficient (Wildman–Crippen LogP) is 2.33. The van der Waals surface area contributed by atoms with E-state index in [2.05, 4.69) is 25.5 Å². The van der Waals surface area contributed by atoms with Gasteiger partial charge in [0.25, 0.3) is 5.91 Å². The number of likely N-dealkylation sites (N-methyl/N-ethyl adjacent to an activating group) is 1. The number of carbonyl (C=O) groups excluding carboxylic acids is 1. The summed E-state index contributed by atoms with van der Waals surface area (Å²) in [6, 6.07) is 7.27. The number of aromatic nitrogens is 2. The number of hydrogen-bond acceptors (Lipinski definition) is 6. The number of rotatable bonds is 7. The van der Waals surface area contributed by atoms with Crippen LogP contribution in [0.4, 0.5) is 11.6 Å². The van der Waals surface area contributed by atoms with Crippen LogP contribution in [0.1, 0.15) is 21.7 Å². The minimum absolute atomic E-state index is 0.301. The summed E-state index contributed by atoms with van der Waals surface area (Å²) < 4.78 is 5.30. The van der Waals surface area contributed by atoms with Crippen molar-refractivity contribution in [3.05, 3.63) is 41.2 Å². The Bertz CT molecular complexity index is 746. The summed E-state index contributed by atoms with van der Waals surface area (Å²) in [5.74, 6) is 0.752. The lowest BCUT2D eigenvalue weighted by molar-refractivity contribution is 0.102. The van der Waals surface area contributed by atoms with Crippen molar-refractivity contribution in [3.63, 3.8) is 0 Å². The Hall–Kier alpha value is -2.67. The number of methoxy groups -OCH3 is 1. The first-order valence-electron chi connectivity index (χ1n) is 8.09. The van der Waals surface area contributed by atoms with Gasteiger partial charge in [0.2, 0.25) is 5.95 Å². The van der Waals surface area contributed by atoms with Crippen molar-refractivity contribution >= 4 is 17.5 Å². The molecule has 0 spiro atoms. The lowest BCUT2D eigenvalue weighted by Crippen LogP contribution is -2.22. The van der Waals surface area contributed by atoms with Crippen molar-refractivity contribution in [1.82, 2.24) is 14.9 Å². The molecule has 0 atom stereocenters. The first-order chi connectivity index (χ1) is 11.9. The third-order valence-electron chi connectivity index (χ3n) is 3.53. The third-order valence-corrected chi connectivity index (χ3v) is 3.53. The smallest absolute Gasteiger partial charge is 0.274 e. The minimum Gasteiger partial charge on any atom is -0.495 e. The van der Waals surface area contributed by atoms with E-state index in [0.29, 0.717) is 29.6 Å². The van der Waals surface area contributed by atoms with Gasteiger partial charge in [0.15, 0.2) is 0 Å². The molecule has 0 radical (unpaired) electrons. The van der Waals surface area contributed by atoms with Gasteiger partial charge in [0.1, 0.15) is 11.4 Å². The molecule has 1 heterocycles. The van der Waals surface area contributed by atoms with Crippen LogP contribution in [0.3, 0.4) is 0 Å². The quantitative estimate of drug-likeness (QED) is 0.803. The van der Waals surface area contributed by atoms with Crippen LogP contribution in [-0.4, -0.2) is 55.1 Å². The second kappa shape index (κ2) is 8.43. The van der Waals surface area contributed by atoms with Crippen LogP contribution in [-0.2, 0) is 0 Å². The second-order valence-corrected chi connectivity index (χ2v) is 6.11. The molecular weight excluding hydrogens is 318 g/mol. The Morgan fingerprint density at radius 2 is 1.96 bits per heavy atom. The lowest BCUT2D eigenvalue weighted by Gasteiger charge is -2.13. The SMILES string of the molecule is COc1ccc(C)cc1NC(=O)c1cc(C)nc(NCCN(C)C)n1. The van der Waals surface area contributed by atoms with E-state index >= 15 is 0 Å². The largest absolute Gasteiger partial charge is 0.495 e. The number of aryl methyl sites for hydroxylation is 2. The zero-order valence-corrected chi connectivity index (χ0v) is 15.4. The number of nitrogens with one attached hydrogen (secondary N) is 2. The molecule has 134 valence electrons. The van der Waals surface area contributed by atoms with Gasteiger partial charge in [-0.05, 0) is 51.7 Å². The van der Waals surface area contributed by atoms with Crippen LogP contribution in [0.5, 0.6) is 5.75 Å². The summed E-state index contributed by atoms with van der Waals surface area (Å²) >= 11 is 0. The van der Waals surface area contributed by atoms with Crippen LogP contribution in [0.2, 0.25) is 0 Å². The molecule has 0 aliphatic heterocycles. The normalized spacial score (nSPS) is 10.6. The van der Waals surface area contributed by atoms with E-state index < -0.39 is 0 Å². The van der Waals surface area contributed by atoms with E-state index in [1.165, 1.54) is 0 Å². The van der Waals surface area contributed by atoms with E-state index in [-0.39, 0.29) is 5.91 Å². The van der Waals surface area contributed by atoms with Crippen molar-refractivity contribution in [3.8, 4) is 5.75 Å². The molecule has 0 fully saturated rings. The summed E-state index contributed by atoms with van der Waals surface area (Å²) in [4.78, 5) is 23.3. The Morgan fingerprint density at radius 3 is 2.64 bits per heavy atom. The van der Waals surface area contributed by atoms with Gasteiger partial charge in [-0.25, -0.2) is 9.97 Å². The molecular formula is C18H25N5O2. The standard InChI is InChI=1S/C18H25N5O2/c1-12-6-7-16(25-5)14(10-12)21-17(24)15-11-13(2)20-18(22-15)19-8-9-23(3)4/h6-7,10-11H,8-9H2,1-5H3,(H,21,24)(H,19,20,22). The van der Waals surface area contributed by atoms with Gasteiger partial charge in [-0.1, -0.05) is 6.07 Å². The molecule has 7 nitrogen and oxygen atoms in total. The number of benzene rings is 1. The maximum atomic E-state index is 12.6. The Labute approximate surface area is 148 Å². The Kier molecular flexibility index (Phi) is 6.30. The average molecular weight is 343 g/mol. The van der Waals surface area contributed by atoms with Gasteiger partial charge in [-0.2, -0.15) is 0 Å². The van der Waals surface area contributed by atoms with Crippen LogP contribution in [0, 0.1) is 13.8 Å². The van der Waals surface area contributed by atoms with Gasteiger partial charge >= 0.3 is 0 Å². The van der Waals surface area contributed by atoms with Crippen LogP contribution < -0.4 is 15.4 Å². The molecule has 0 aliphatic rings. The highest BCUT2D eigenvalue weighted by Gasteiger charge is 2.13. The van der Waals surface area contributed by atoms with Gasteiger partial charge in [-0.3, -0.25) is 4.79 Å². The van der Waals surface area contributed by atoms with Crippen LogP contribution in [0.15, 0.2) is 24.3 Å². The number of anilines is 2. The second-order valence-electron chi connectivity index (χ2n) is 6.11. The summed E-state index contributed by atoms with van der Waals surface area (Å²) in [6.45, 7) is 5.34. The molecule has 0 bridgehead atoms. The van der Waals surface area contributed by atoms with Crippen molar-refractivity contribution in [2.75, 3.05) is 44.9 Å². The van der Waals surface area contributed by atoms with Gasteiger partial charge in [0.05, 0.1) is 12.8 Å². The highest BCUT2D eigenvalue weighted by Crippen LogP contribution is 2.25. The highest BCUT2D eigenvalue weighted by molar-refractivity contribution is 6.04. The average Bonchev–Trinajstić information content (AvgIpc) is 2.54. The fraction of sp³-hybridized carbons (Fsp3) is 0.389. The molecule has 2 N–H and O–H groups in total. The first-order valence-corrected chi connectivity index (χ1v) is 8.09. The maximum absolute atomic E-state index is 12.6. The number of ether oxygens (including phenoxy) is 1. The van der Waals surface area contributed by atoms with Gasteiger partial charge in [0, 0.05) is 18.8 Å². The van der Waals surface area contributed by atoms with Gasteiger partial charge < -0.3 is 20.3 Å². The minimum atomic E-state index is -0.301. The van der Waals surface area contributed by atoms with Crippen LogP contribution in [0.25, 0.3) is 0 Å². The summed E-state index contributed by atoms with van der Waals surface area (Å²) in [6.07, 6.45) is 0. The zero-order chi connectivity index (χ0) is 18.4.